The van der Waals surface area contributed by atoms with Crippen molar-refractivity contribution in [3.05, 3.63) is 64.4 Å². The standard InChI is InChI=1S/C19H21ClFN3O3/c1-24(12-14-9-15(20)5-8-17(14)27-2)18(25)11-23-19(26)22-10-13-3-6-16(21)7-4-13/h3-9H,10-12H2,1-2H3,(H2,22,23,26). The number of hydrogen-bond donors (Lipinski definition) is 2. The van der Waals surface area contributed by atoms with Crippen LogP contribution in [0.3, 0.4) is 0 Å². The lowest BCUT2D eigenvalue weighted by molar-refractivity contribution is -0.129. The molecule has 0 spiro atoms. The SMILES string of the molecule is COc1ccc(Cl)cc1CN(C)C(=O)CNC(=O)NCc1ccc(F)cc1. The van der Waals surface area contributed by atoms with E-state index in [1.807, 2.05) is 0 Å². The summed E-state index contributed by atoms with van der Waals surface area (Å²) >= 11 is 5.99. The van der Waals surface area contributed by atoms with Crippen LogP contribution in [0, 0.1) is 5.82 Å². The molecule has 0 aliphatic rings. The van der Waals surface area contributed by atoms with E-state index in [9.17, 15) is 14.0 Å². The third-order valence-electron chi connectivity index (χ3n) is 3.84. The Morgan fingerprint density at radius 3 is 2.52 bits per heavy atom. The minimum Gasteiger partial charge on any atom is -0.496 e. The molecule has 6 nitrogen and oxygen atoms in total. The highest BCUT2D eigenvalue weighted by Crippen LogP contribution is 2.23. The minimum atomic E-state index is -0.485. The number of carbonyl (C=O) groups is 2. The van der Waals surface area contributed by atoms with Crippen LogP contribution < -0.4 is 15.4 Å². The van der Waals surface area contributed by atoms with Gasteiger partial charge in [0.05, 0.1) is 13.7 Å². The number of ether oxygens (including phenoxy) is 1. The first-order valence-corrected chi connectivity index (χ1v) is 8.59. The van der Waals surface area contributed by atoms with Crippen LogP contribution in [0.1, 0.15) is 11.1 Å². The number of benzene rings is 2. The van der Waals surface area contributed by atoms with Crippen molar-refractivity contribution >= 4 is 23.5 Å². The molecule has 0 unspecified atom stereocenters. The molecule has 0 saturated carbocycles. The summed E-state index contributed by atoms with van der Waals surface area (Å²) in [5.41, 5.74) is 1.52. The van der Waals surface area contributed by atoms with Crippen molar-refractivity contribution in [2.24, 2.45) is 0 Å². The van der Waals surface area contributed by atoms with Gasteiger partial charge in [-0.2, -0.15) is 0 Å². The highest BCUT2D eigenvalue weighted by atomic mass is 35.5. The first kappa shape index (κ1) is 20.5. The molecule has 0 aliphatic heterocycles. The van der Waals surface area contributed by atoms with Crippen LogP contribution in [0.25, 0.3) is 0 Å². The second kappa shape index (κ2) is 9.78. The summed E-state index contributed by atoms with van der Waals surface area (Å²) in [4.78, 5) is 25.5. The highest BCUT2D eigenvalue weighted by molar-refractivity contribution is 6.30. The molecule has 2 aromatic rings. The van der Waals surface area contributed by atoms with E-state index in [-0.39, 0.29) is 24.8 Å². The normalized spacial score (nSPS) is 10.2. The molecule has 0 aromatic heterocycles. The third-order valence-corrected chi connectivity index (χ3v) is 4.08. The van der Waals surface area contributed by atoms with Crippen LogP contribution in [0.5, 0.6) is 5.75 Å². The van der Waals surface area contributed by atoms with Gasteiger partial charge in [0.15, 0.2) is 0 Å². The summed E-state index contributed by atoms with van der Waals surface area (Å²) in [6.07, 6.45) is 0. The summed E-state index contributed by atoms with van der Waals surface area (Å²) < 4.78 is 18.1. The zero-order chi connectivity index (χ0) is 19.8. The van der Waals surface area contributed by atoms with E-state index < -0.39 is 6.03 Å². The zero-order valence-corrected chi connectivity index (χ0v) is 15.8. The molecule has 0 radical (unpaired) electrons. The predicted molar refractivity (Wildman–Crippen MR) is 101 cm³/mol. The van der Waals surface area contributed by atoms with Crippen molar-refractivity contribution in [1.82, 2.24) is 15.5 Å². The van der Waals surface area contributed by atoms with Crippen LogP contribution in [-0.4, -0.2) is 37.5 Å². The third kappa shape index (κ3) is 6.45. The van der Waals surface area contributed by atoms with E-state index in [2.05, 4.69) is 10.6 Å². The Labute approximate surface area is 162 Å². The Kier molecular flexibility index (Phi) is 7.43. The number of nitrogens with zero attached hydrogens (tertiary/aromatic N) is 1. The minimum absolute atomic E-state index is 0.158. The van der Waals surface area contributed by atoms with E-state index in [4.69, 9.17) is 16.3 Å². The summed E-state index contributed by atoms with van der Waals surface area (Å²) in [6.45, 7) is 0.367. The van der Waals surface area contributed by atoms with Crippen LogP contribution >= 0.6 is 11.6 Å². The van der Waals surface area contributed by atoms with Gasteiger partial charge in [-0.15, -0.1) is 0 Å². The van der Waals surface area contributed by atoms with Crippen LogP contribution in [0.2, 0.25) is 5.02 Å². The maximum absolute atomic E-state index is 12.8. The van der Waals surface area contributed by atoms with E-state index >= 15 is 0 Å². The van der Waals surface area contributed by atoms with Crippen molar-refractivity contribution in [1.29, 1.82) is 0 Å². The molecule has 0 bridgehead atoms. The first-order chi connectivity index (χ1) is 12.9. The summed E-state index contributed by atoms with van der Waals surface area (Å²) in [5, 5.41) is 5.65. The molecular formula is C19H21ClFN3O3. The molecular weight excluding hydrogens is 373 g/mol. The van der Waals surface area contributed by atoms with E-state index in [0.29, 0.717) is 17.3 Å². The first-order valence-electron chi connectivity index (χ1n) is 8.21. The average Bonchev–Trinajstić information content (AvgIpc) is 2.65. The van der Waals surface area contributed by atoms with Crippen LogP contribution in [-0.2, 0) is 17.9 Å². The highest BCUT2D eigenvalue weighted by Gasteiger charge is 2.13. The van der Waals surface area contributed by atoms with E-state index in [0.717, 1.165) is 11.1 Å². The molecule has 0 fully saturated rings. The number of carbonyl (C=O) groups excluding carboxylic acids is 2. The van der Waals surface area contributed by atoms with E-state index in [1.165, 1.54) is 17.0 Å². The van der Waals surface area contributed by atoms with Gasteiger partial charge >= 0.3 is 6.03 Å². The molecule has 144 valence electrons. The number of hydrogen-bond acceptors (Lipinski definition) is 3. The zero-order valence-electron chi connectivity index (χ0n) is 15.1. The van der Waals surface area contributed by atoms with Gasteiger partial charge < -0.3 is 20.3 Å². The van der Waals surface area contributed by atoms with Crippen molar-refractivity contribution in [2.45, 2.75) is 13.1 Å². The van der Waals surface area contributed by atoms with Crippen molar-refractivity contribution in [3.8, 4) is 5.75 Å². The lowest BCUT2D eigenvalue weighted by Gasteiger charge is -2.19. The molecule has 27 heavy (non-hydrogen) atoms. The van der Waals surface area contributed by atoms with Crippen molar-refractivity contribution in [3.63, 3.8) is 0 Å². The van der Waals surface area contributed by atoms with Crippen molar-refractivity contribution in [2.75, 3.05) is 20.7 Å². The average molecular weight is 394 g/mol. The number of rotatable bonds is 7. The largest absolute Gasteiger partial charge is 0.496 e. The Bertz CT molecular complexity index is 799. The Morgan fingerprint density at radius 1 is 1.15 bits per heavy atom. The van der Waals surface area contributed by atoms with Gasteiger partial charge in [-0.25, -0.2) is 9.18 Å². The fraction of sp³-hybridized carbons (Fsp3) is 0.263. The monoisotopic (exact) mass is 393 g/mol. The number of nitrogens with one attached hydrogen (secondary N) is 2. The fourth-order valence-electron chi connectivity index (χ4n) is 2.35. The fourth-order valence-corrected chi connectivity index (χ4v) is 2.55. The van der Waals surface area contributed by atoms with E-state index in [1.54, 1.807) is 44.5 Å². The Morgan fingerprint density at radius 2 is 1.85 bits per heavy atom. The maximum atomic E-state index is 12.8. The van der Waals surface area contributed by atoms with Gasteiger partial charge in [0.25, 0.3) is 0 Å². The molecule has 0 heterocycles. The lowest BCUT2D eigenvalue weighted by atomic mass is 10.2. The van der Waals surface area contributed by atoms with Gasteiger partial charge in [-0.3, -0.25) is 4.79 Å². The quantitative estimate of drug-likeness (QED) is 0.759. The van der Waals surface area contributed by atoms with Gasteiger partial charge in [0.2, 0.25) is 5.91 Å². The molecule has 2 aromatic carbocycles. The van der Waals surface area contributed by atoms with Crippen molar-refractivity contribution < 1.29 is 18.7 Å². The smallest absolute Gasteiger partial charge is 0.315 e. The van der Waals surface area contributed by atoms with Crippen LogP contribution in [0.15, 0.2) is 42.5 Å². The number of urea groups is 1. The van der Waals surface area contributed by atoms with Gasteiger partial charge in [-0.1, -0.05) is 23.7 Å². The maximum Gasteiger partial charge on any atom is 0.315 e. The number of halogens is 2. The Hall–Kier alpha value is -2.80. The summed E-state index contributed by atoms with van der Waals surface area (Å²) in [5.74, 6) is 0.0196. The predicted octanol–water partition coefficient (Wildman–Crippen LogP) is 2.95. The molecule has 2 N–H and O–H groups in total. The van der Waals surface area contributed by atoms with Gasteiger partial charge in [0.1, 0.15) is 11.6 Å². The number of amides is 3. The summed E-state index contributed by atoms with van der Waals surface area (Å²) in [7, 11) is 3.17. The van der Waals surface area contributed by atoms with Gasteiger partial charge in [0, 0.05) is 30.7 Å². The topological polar surface area (TPSA) is 70.7 Å². The second-order valence-corrected chi connectivity index (χ2v) is 6.31. The molecule has 0 atom stereocenters. The summed E-state index contributed by atoms with van der Waals surface area (Å²) in [6, 6.07) is 10.5. The number of likely N-dealkylation sites (N-methyl/N-ethyl adjacent to an activating group) is 1. The molecule has 0 aliphatic carbocycles. The van der Waals surface area contributed by atoms with Gasteiger partial charge in [-0.05, 0) is 35.9 Å². The number of methoxy groups -OCH3 is 1. The molecule has 2 rings (SSSR count). The second-order valence-electron chi connectivity index (χ2n) is 5.87. The van der Waals surface area contributed by atoms with Crippen LogP contribution in [0.4, 0.5) is 9.18 Å². The molecule has 8 heteroatoms. The Balaban J connectivity index is 1.79. The molecule has 0 saturated heterocycles. The molecule has 3 amide bonds. The lowest BCUT2D eigenvalue weighted by Crippen LogP contribution is -2.42.